The van der Waals surface area contributed by atoms with Gasteiger partial charge in [0, 0.05) is 24.5 Å². The molecular formula is C24H29ClFN3O3S2. The molecule has 0 aliphatic carbocycles. The van der Waals surface area contributed by atoms with Crippen molar-refractivity contribution in [1.82, 2.24) is 9.88 Å². The molecule has 0 saturated carbocycles. The summed E-state index contributed by atoms with van der Waals surface area (Å²) in [6.45, 7) is 8.93. The molecular weight excluding hydrogens is 497 g/mol. The molecule has 1 heterocycles. The van der Waals surface area contributed by atoms with Gasteiger partial charge < -0.3 is 4.90 Å². The zero-order valence-corrected chi connectivity index (χ0v) is 21.9. The van der Waals surface area contributed by atoms with E-state index in [1.807, 2.05) is 19.1 Å². The number of aryl methyl sites for hydroxylation is 1. The van der Waals surface area contributed by atoms with Crippen molar-refractivity contribution in [3.8, 4) is 0 Å². The van der Waals surface area contributed by atoms with Crippen LogP contribution in [-0.2, 0) is 14.6 Å². The summed E-state index contributed by atoms with van der Waals surface area (Å²) in [4.78, 5) is 21.9. The van der Waals surface area contributed by atoms with Crippen molar-refractivity contribution in [2.24, 2.45) is 0 Å². The minimum atomic E-state index is -3.60. The molecule has 2 aromatic carbocycles. The molecule has 0 radical (unpaired) electrons. The zero-order valence-electron chi connectivity index (χ0n) is 19.6. The summed E-state index contributed by atoms with van der Waals surface area (Å²) in [7, 11) is -3.60. The Bertz CT molecular complexity index is 1240. The Kier molecular flexibility index (Phi) is 9.03. The fourth-order valence-electron chi connectivity index (χ4n) is 3.67. The molecule has 0 aliphatic rings. The third-order valence-electron chi connectivity index (χ3n) is 5.68. The highest BCUT2D eigenvalue weighted by molar-refractivity contribution is 7.91. The summed E-state index contributed by atoms with van der Waals surface area (Å²) in [6.07, 6.45) is 0.227. The maximum atomic E-state index is 13.2. The molecule has 34 heavy (non-hydrogen) atoms. The van der Waals surface area contributed by atoms with Crippen LogP contribution < -0.4 is 4.90 Å². The summed E-state index contributed by atoms with van der Waals surface area (Å²) < 4.78 is 39.2. The van der Waals surface area contributed by atoms with Gasteiger partial charge in [-0.25, -0.2) is 17.8 Å². The highest BCUT2D eigenvalue weighted by Crippen LogP contribution is 2.33. The number of benzene rings is 2. The largest absolute Gasteiger partial charge is 0.302 e. The predicted octanol–water partition coefficient (Wildman–Crippen LogP) is 5.33. The van der Waals surface area contributed by atoms with Crippen LogP contribution in [0.25, 0.3) is 10.2 Å². The standard InChI is InChI=1S/C24H29ClFN3O3S2/c1-4-28(5-2)12-13-29(24-27-23-17(3)15-18(25)16-21(23)33-24)22(30)7-6-14-34(31,32)20-10-8-19(26)9-11-20/h8-11,15-16H,4-7,12-14H2,1-3H3. The lowest BCUT2D eigenvalue weighted by atomic mass is 10.2. The molecule has 0 atom stereocenters. The number of carbonyl (C=O) groups excluding carboxylic acids is 1. The van der Waals surface area contributed by atoms with Crippen LogP contribution in [0.15, 0.2) is 41.3 Å². The maximum absolute atomic E-state index is 13.2. The fraction of sp³-hybridized carbons (Fsp3) is 0.417. The summed E-state index contributed by atoms with van der Waals surface area (Å²) >= 11 is 7.60. The number of aromatic nitrogens is 1. The molecule has 0 saturated heterocycles. The molecule has 1 amide bonds. The van der Waals surface area contributed by atoms with Crippen molar-refractivity contribution < 1.29 is 17.6 Å². The maximum Gasteiger partial charge on any atom is 0.228 e. The number of anilines is 1. The van der Waals surface area contributed by atoms with Crippen LogP contribution in [0.4, 0.5) is 9.52 Å². The number of fused-ring (bicyclic) bond motifs is 1. The second-order valence-electron chi connectivity index (χ2n) is 8.01. The second-order valence-corrected chi connectivity index (χ2v) is 11.6. The molecule has 10 heteroatoms. The first-order valence-corrected chi connectivity index (χ1v) is 14.1. The van der Waals surface area contributed by atoms with Gasteiger partial charge >= 0.3 is 0 Å². The van der Waals surface area contributed by atoms with Crippen LogP contribution in [0.3, 0.4) is 0 Å². The first-order chi connectivity index (χ1) is 16.1. The van der Waals surface area contributed by atoms with Gasteiger partial charge in [0.2, 0.25) is 5.91 Å². The molecule has 0 fully saturated rings. The third kappa shape index (κ3) is 6.53. The molecule has 3 rings (SSSR count). The first kappa shape index (κ1) is 26.5. The van der Waals surface area contributed by atoms with Crippen LogP contribution in [0.1, 0.15) is 32.3 Å². The van der Waals surface area contributed by atoms with Gasteiger partial charge in [-0.3, -0.25) is 9.69 Å². The number of amides is 1. The number of nitrogens with zero attached hydrogens (tertiary/aromatic N) is 3. The topological polar surface area (TPSA) is 70.6 Å². The number of halogens is 2. The van der Waals surface area contributed by atoms with Gasteiger partial charge in [0.1, 0.15) is 5.82 Å². The summed E-state index contributed by atoms with van der Waals surface area (Å²) in [5.41, 5.74) is 1.75. The number of rotatable bonds is 11. The lowest BCUT2D eigenvalue weighted by Gasteiger charge is -2.24. The van der Waals surface area contributed by atoms with Crippen molar-refractivity contribution in [2.75, 3.05) is 36.8 Å². The van der Waals surface area contributed by atoms with E-state index in [1.165, 1.54) is 23.5 Å². The van der Waals surface area contributed by atoms with E-state index in [9.17, 15) is 17.6 Å². The summed E-state index contributed by atoms with van der Waals surface area (Å²) in [5, 5.41) is 1.20. The smallest absolute Gasteiger partial charge is 0.228 e. The molecule has 3 aromatic rings. The van der Waals surface area contributed by atoms with Crippen molar-refractivity contribution in [2.45, 2.75) is 38.5 Å². The van der Waals surface area contributed by atoms with Gasteiger partial charge in [0.05, 0.1) is 20.9 Å². The Morgan fingerprint density at radius 3 is 2.44 bits per heavy atom. The Morgan fingerprint density at radius 1 is 1.12 bits per heavy atom. The van der Waals surface area contributed by atoms with Gasteiger partial charge in [-0.2, -0.15) is 0 Å². The van der Waals surface area contributed by atoms with Crippen molar-refractivity contribution in [3.63, 3.8) is 0 Å². The SMILES string of the molecule is CCN(CC)CCN(C(=O)CCCS(=O)(=O)c1ccc(F)cc1)c1nc2c(C)cc(Cl)cc2s1. The van der Waals surface area contributed by atoms with Crippen LogP contribution in [-0.4, -0.2) is 56.1 Å². The number of sulfone groups is 1. The number of hydrogen-bond donors (Lipinski definition) is 0. The quantitative estimate of drug-likeness (QED) is 0.317. The molecule has 0 N–H and O–H groups in total. The van der Waals surface area contributed by atoms with Crippen LogP contribution in [0.5, 0.6) is 0 Å². The Balaban J connectivity index is 1.77. The molecule has 0 unspecified atom stereocenters. The van der Waals surface area contributed by atoms with E-state index < -0.39 is 15.7 Å². The van der Waals surface area contributed by atoms with Crippen LogP contribution in [0.2, 0.25) is 5.02 Å². The Hall–Kier alpha value is -2.07. The molecule has 0 bridgehead atoms. The van der Waals surface area contributed by atoms with Gasteiger partial charge in [0.25, 0.3) is 0 Å². The van der Waals surface area contributed by atoms with Crippen LogP contribution >= 0.6 is 22.9 Å². The minimum absolute atomic E-state index is 0.0539. The van der Waals surface area contributed by atoms with Crippen molar-refractivity contribution in [3.05, 3.63) is 52.8 Å². The number of carbonyl (C=O) groups is 1. The lowest BCUT2D eigenvalue weighted by molar-refractivity contribution is -0.118. The molecule has 0 aliphatic heterocycles. The molecule has 184 valence electrons. The predicted molar refractivity (Wildman–Crippen MR) is 137 cm³/mol. The average Bonchev–Trinajstić information content (AvgIpc) is 3.21. The van der Waals surface area contributed by atoms with E-state index in [2.05, 4.69) is 18.7 Å². The van der Waals surface area contributed by atoms with E-state index in [0.717, 1.165) is 41.0 Å². The molecule has 1 aromatic heterocycles. The Labute approximate surface area is 209 Å². The summed E-state index contributed by atoms with van der Waals surface area (Å²) in [5.74, 6) is -0.863. The first-order valence-electron chi connectivity index (χ1n) is 11.2. The van der Waals surface area contributed by atoms with E-state index in [0.29, 0.717) is 23.2 Å². The number of hydrogen-bond acceptors (Lipinski definition) is 6. The Morgan fingerprint density at radius 2 is 1.79 bits per heavy atom. The third-order valence-corrected chi connectivity index (χ3v) is 8.74. The van der Waals surface area contributed by atoms with E-state index in [4.69, 9.17) is 16.6 Å². The second kappa shape index (κ2) is 11.6. The number of thiazole rings is 1. The van der Waals surface area contributed by atoms with Gasteiger partial charge in [-0.15, -0.1) is 0 Å². The van der Waals surface area contributed by atoms with Crippen LogP contribution in [0, 0.1) is 12.7 Å². The van der Waals surface area contributed by atoms with Crippen molar-refractivity contribution in [1.29, 1.82) is 0 Å². The highest BCUT2D eigenvalue weighted by atomic mass is 35.5. The monoisotopic (exact) mass is 525 g/mol. The van der Waals surface area contributed by atoms with E-state index >= 15 is 0 Å². The van der Waals surface area contributed by atoms with Gasteiger partial charge in [-0.1, -0.05) is 36.8 Å². The normalized spacial score (nSPS) is 11.9. The highest BCUT2D eigenvalue weighted by Gasteiger charge is 2.22. The van der Waals surface area contributed by atoms with Crippen molar-refractivity contribution >= 4 is 54.0 Å². The van der Waals surface area contributed by atoms with E-state index in [1.54, 1.807) is 4.90 Å². The van der Waals surface area contributed by atoms with Gasteiger partial charge in [0.15, 0.2) is 15.0 Å². The molecule has 6 nitrogen and oxygen atoms in total. The van der Waals surface area contributed by atoms with E-state index in [-0.39, 0.29) is 29.4 Å². The van der Waals surface area contributed by atoms with Gasteiger partial charge in [-0.05, 0) is 68.4 Å². The molecule has 0 spiro atoms. The zero-order chi connectivity index (χ0) is 24.9. The lowest BCUT2D eigenvalue weighted by Crippen LogP contribution is -2.38. The summed E-state index contributed by atoms with van der Waals surface area (Å²) in [6, 6.07) is 8.42. The fourth-order valence-corrected chi connectivity index (χ4v) is 6.45. The average molecular weight is 526 g/mol. The minimum Gasteiger partial charge on any atom is -0.302 e. The number of likely N-dealkylation sites (N-methyl/N-ethyl adjacent to an activating group) is 1.